The van der Waals surface area contributed by atoms with Crippen molar-refractivity contribution in [3.05, 3.63) is 53.1 Å². The highest BCUT2D eigenvalue weighted by Gasteiger charge is 2.20. The molecular weight excluding hydrogens is 284 g/mol. The number of anilines is 1. The second-order valence-electron chi connectivity index (χ2n) is 6.51. The van der Waals surface area contributed by atoms with E-state index in [1.807, 2.05) is 19.3 Å². The van der Waals surface area contributed by atoms with Crippen LogP contribution >= 0.6 is 0 Å². The van der Waals surface area contributed by atoms with Gasteiger partial charge in [0, 0.05) is 43.8 Å². The topological polar surface area (TPSA) is 41.1 Å². The van der Waals surface area contributed by atoms with E-state index in [4.69, 9.17) is 0 Å². The first-order valence-electron chi connectivity index (χ1n) is 8.45. The lowest BCUT2D eigenvalue weighted by molar-refractivity contribution is 0.411. The molecule has 1 aromatic carbocycles. The van der Waals surface area contributed by atoms with Crippen molar-refractivity contribution in [3.8, 4) is 0 Å². The van der Waals surface area contributed by atoms with E-state index in [0.717, 1.165) is 31.0 Å². The summed E-state index contributed by atoms with van der Waals surface area (Å²) in [6.07, 6.45) is 6.05. The van der Waals surface area contributed by atoms with Crippen LogP contribution in [0.15, 0.2) is 30.6 Å². The largest absolute Gasteiger partial charge is 0.371 e. The maximum absolute atomic E-state index is 4.41. The highest BCUT2D eigenvalue weighted by molar-refractivity contribution is 5.56. The van der Waals surface area contributed by atoms with E-state index in [9.17, 15) is 0 Å². The van der Waals surface area contributed by atoms with Crippen LogP contribution in [0.4, 0.5) is 5.69 Å². The molecule has 122 valence electrons. The fraction of sp³-hybridized carbons (Fsp3) is 0.474. The molecule has 0 atom stereocenters. The third-order valence-corrected chi connectivity index (χ3v) is 4.82. The summed E-state index contributed by atoms with van der Waals surface area (Å²) < 4.78 is 0. The number of rotatable bonds is 4. The molecule has 1 saturated heterocycles. The zero-order valence-corrected chi connectivity index (χ0v) is 14.3. The van der Waals surface area contributed by atoms with Gasteiger partial charge in [0.15, 0.2) is 0 Å². The summed E-state index contributed by atoms with van der Waals surface area (Å²) in [4.78, 5) is 11.2. The first-order chi connectivity index (χ1) is 11.1. The number of hydrogen-bond donors (Lipinski definition) is 1. The molecule has 0 aliphatic carbocycles. The summed E-state index contributed by atoms with van der Waals surface area (Å²) in [7, 11) is 0. The van der Waals surface area contributed by atoms with Gasteiger partial charge in [0.2, 0.25) is 0 Å². The van der Waals surface area contributed by atoms with Gasteiger partial charge in [0.25, 0.3) is 0 Å². The zero-order valence-electron chi connectivity index (χ0n) is 14.3. The molecule has 1 fully saturated rings. The van der Waals surface area contributed by atoms with Crippen molar-refractivity contribution in [3.63, 3.8) is 0 Å². The predicted molar refractivity (Wildman–Crippen MR) is 94.8 cm³/mol. The number of nitrogens with zero attached hydrogens (tertiary/aromatic N) is 3. The third kappa shape index (κ3) is 3.88. The Morgan fingerprint density at radius 1 is 1.09 bits per heavy atom. The summed E-state index contributed by atoms with van der Waals surface area (Å²) in [6.45, 7) is 9.42. The van der Waals surface area contributed by atoms with Crippen LogP contribution in [0, 0.1) is 20.8 Å². The molecule has 1 N–H and O–H groups in total. The van der Waals surface area contributed by atoms with Gasteiger partial charge in [-0.1, -0.05) is 12.1 Å². The SMILES string of the molecule is Cc1cnc(CNC2CCN(c3cccc(C)c3C)CC2)cn1. The smallest absolute Gasteiger partial charge is 0.0724 e. The minimum Gasteiger partial charge on any atom is -0.371 e. The normalized spacial score (nSPS) is 15.9. The molecule has 1 aliphatic heterocycles. The molecule has 1 aromatic heterocycles. The molecule has 3 rings (SSSR count). The van der Waals surface area contributed by atoms with Gasteiger partial charge in [-0.25, -0.2) is 0 Å². The lowest BCUT2D eigenvalue weighted by Gasteiger charge is -2.35. The molecule has 0 bridgehead atoms. The van der Waals surface area contributed by atoms with Crippen LogP contribution < -0.4 is 10.2 Å². The quantitative estimate of drug-likeness (QED) is 0.942. The number of aromatic nitrogens is 2. The maximum Gasteiger partial charge on any atom is 0.0724 e. The number of piperidine rings is 1. The van der Waals surface area contributed by atoms with Crippen LogP contribution in [0.2, 0.25) is 0 Å². The molecule has 2 heterocycles. The Morgan fingerprint density at radius 3 is 2.57 bits per heavy atom. The summed E-state index contributed by atoms with van der Waals surface area (Å²) in [6, 6.07) is 7.17. The Hall–Kier alpha value is -1.94. The van der Waals surface area contributed by atoms with E-state index in [-0.39, 0.29) is 0 Å². The summed E-state index contributed by atoms with van der Waals surface area (Å²) in [5.74, 6) is 0. The standard InChI is InChI=1S/C19H26N4/c1-14-5-4-6-19(16(14)3)23-9-7-17(8-10-23)22-13-18-12-20-15(2)11-21-18/h4-6,11-12,17,22H,7-10,13H2,1-3H3. The molecule has 4 heteroatoms. The van der Waals surface area contributed by atoms with Gasteiger partial charge in [-0.15, -0.1) is 0 Å². The summed E-state index contributed by atoms with van der Waals surface area (Å²) >= 11 is 0. The maximum atomic E-state index is 4.41. The average Bonchev–Trinajstić information content (AvgIpc) is 2.57. The van der Waals surface area contributed by atoms with Crippen molar-refractivity contribution >= 4 is 5.69 Å². The fourth-order valence-electron chi connectivity index (χ4n) is 3.16. The van der Waals surface area contributed by atoms with Crippen molar-refractivity contribution in [1.29, 1.82) is 0 Å². The van der Waals surface area contributed by atoms with Gasteiger partial charge < -0.3 is 10.2 Å². The van der Waals surface area contributed by atoms with Crippen LogP contribution in [0.5, 0.6) is 0 Å². The Balaban J connectivity index is 1.52. The number of nitrogens with one attached hydrogen (secondary N) is 1. The molecule has 0 radical (unpaired) electrons. The predicted octanol–water partition coefficient (Wildman–Crippen LogP) is 3.16. The van der Waals surface area contributed by atoms with Gasteiger partial charge in [-0.3, -0.25) is 9.97 Å². The van der Waals surface area contributed by atoms with Gasteiger partial charge in [-0.05, 0) is 50.8 Å². The Kier molecular flexibility index (Phi) is 4.91. The van der Waals surface area contributed by atoms with Crippen LogP contribution in [-0.2, 0) is 6.54 Å². The number of hydrogen-bond acceptors (Lipinski definition) is 4. The van der Waals surface area contributed by atoms with E-state index in [2.05, 4.69) is 52.2 Å². The zero-order chi connectivity index (χ0) is 16.2. The molecule has 0 unspecified atom stereocenters. The summed E-state index contributed by atoms with van der Waals surface area (Å²) in [5.41, 5.74) is 6.17. The van der Waals surface area contributed by atoms with E-state index < -0.39 is 0 Å². The lowest BCUT2D eigenvalue weighted by Crippen LogP contribution is -2.42. The van der Waals surface area contributed by atoms with Crippen LogP contribution in [0.3, 0.4) is 0 Å². The first kappa shape index (κ1) is 15.9. The minimum atomic E-state index is 0.569. The van der Waals surface area contributed by atoms with Crippen molar-refractivity contribution in [2.45, 2.75) is 46.2 Å². The average molecular weight is 310 g/mol. The first-order valence-corrected chi connectivity index (χ1v) is 8.45. The van der Waals surface area contributed by atoms with Crippen LogP contribution in [0.1, 0.15) is 35.4 Å². The van der Waals surface area contributed by atoms with Crippen molar-refractivity contribution in [2.75, 3.05) is 18.0 Å². The number of aryl methyl sites for hydroxylation is 2. The fourth-order valence-corrected chi connectivity index (χ4v) is 3.16. The Labute approximate surface area is 139 Å². The van der Waals surface area contributed by atoms with E-state index in [0.29, 0.717) is 6.04 Å². The van der Waals surface area contributed by atoms with Gasteiger partial charge in [-0.2, -0.15) is 0 Å². The van der Waals surface area contributed by atoms with E-state index in [1.165, 1.54) is 29.7 Å². The molecule has 1 aliphatic rings. The third-order valence-electron chi connectivity index (χ3n) is 4.82. The molecule has 4 nitrogen and oxygen atoms in total. The minimum absolute atomic E-state index is 0.569. The van der Waals surface area contributed by atoms with Gasteiger partial charge >= 0.3 is 0 Å². The second kappa shape index (κ2) is 7.09. The van der Waals surface area contributed by atoms with Gasteiger partial charge in [0.1, 0.15) is 0 Å². The Bertz CT molecular complexity index is 643. The molecular formula is C19H26N4. The van der Waals surface area contributed by atoms with Gasteiger partial charge in [0.05, 0.1) is 11.4 Å². The molecule has 23 heavy (non-hydrogen) atoms. The molecule has 0 spiro atoms. The van der Waals surface area contributed by atoms with Crippen molar-refractivity contribution in [1.82, 2.24) is 15.3 Å². The van der Waals surface area contributed by atoms with Crippen LogP contribution in [-0.4, -0.2) is 29.1 Å². The van der Waals surface area contributed by atoms with Crippen LogP contribution in [0.25, 0.3) is 0 Å². The molecule has 2 aromatic rings. The van der Waals surface area contributed by atoms with Crippen molar-refractivity contribution < 1.29 is 0 Å². The van der Waals surface area contributed by atoms with E-state index >= 15 is 0 Å². The van der Waals surface area contributed by atoms with E-state index in [1.54, 1.807) is 0 Å². The highest BCUT2D eigenvalue weighted by atomic mass is 15.1. The lowest BCUT2D eigenvalue weighted by atomic mass is 10.0. The summed E-state index contributed by atoms with van der Waals surface area (Å²) in [5, 5.41) is 3.63. The monoisotopic (exact) mass is 310 g/mol. The Morgan fingerprint density at radius 2 is 1.87 bits per heavy atom. The molecule has 0 amide bonds. The second-order valence-corrected chi connectivity index (χ2v) is 6.51. The molecule has 0 saturated carbocycles. The highest BCUT2D eigenvalue weighted by Crippen LogP contribution is 2.25. The number of benzene rings is 1. The van der Waals surface area contributed by atoms with Crippen molar-refractivity contribution in [2.24, 2.45) is 0 Å².